The number of nitrogens with one attached hydrogen (secondary N) is 1. The zero-order valence-electron chi connectivity index (χ0n) is 20.6. The second kappa shape index (κ2) is 10.9. The number of hydrogen-bond acceptors (Lipinski definition) is 5. The molecule has 0 spiro atoms. The first-order valence-corrected chi connectivity index (χ1v) is 14.1. The standard InChI is InChI=1S/C28H31N3O5S/c29-27(32)16-24-14-23(21-4-2-1-3-5-21)15-25-26(17-30-28(24)25)22-6-9-31(10-7-22)37(33,34)13-12-36-19-20-8-11-35-18-20/h1-5,8,11,14-15,17-18,22,30H,6-7,9-10,12-13,16,19H2,(H2,29,32). The lowest BCUT2D eigenvalue weighted by molar-refractivity contribution is -0.117. The Hall–Kier alpha value is -3.40. The highest BCUT2D eigenvalue weighted by Crippen LogP contribution is 2.37. The van der Waals surface area contributed by atoms with Crippen LogP contribution in [0.4, 0.5) is 0 Å². The van der Waals surface area contributed by atoms with Gasteiger partial charge in [0.05, 0.1) is 37.9 Å². The maximum atomic E-state index is 12.9. The first-order valence-electron chi connectivity index (χ1n) is 12.4. The Bertz CT molecular complexity index is 1450. The lowest BCUT2D eigenvalue weighted by Crippen LogP contribution is -2.40. The van der Waals surface area contributed by atoms with Gasteiger partial charge in [0.1, 0.15) is 0 Å². The highest BCUT2D eigenvalue weighted by Gasteiger charge is 2.30. The van der Waals surface area contributed by atoms with E-state index in [1.807, 2.05) is 42.6 Å². The number of amides is 1. The van der Waals surface area contributed by atoms with Gasteiger partial charge in [-0.25, -0.2) is 12.7 Å². The van der Waals surface area contributed by atoms with Crippen LogP contribution in [0.1, 0.15) is 35.4 Å². The zero-order valence-corrected chi connectivity index (χ0v) is 21.4. The average molecular weight is 522 g/mol. The van der Waals surface area contributed by atoms with Crippen LogP contribution in [0.15, 0.2) is 71.7 Å². The molecule has 1 aliphatic rings. The number of ether oxygens (including phenoxy) is 1. The van der Waals surface area contributed by atoms with Crippen molar-refractivity contribution in [3.63, 3.8) is 0 Å². The van der Waals surface area contributed by atoms with E-state index in [1.54, 1.807) is 22.9 Å². The van der Waals surface area contributed by atoms with Gasteiger partial charge in [-0.2, -0.15) is 0 Å². The third-order valence-electron chi connectivity index (χ3n) is 7.00. The van der Waals surface area contributed by atoms with Gasteiger partial charge in [0.25, 0.3) is 0 Å². The number of nitrogens with zero attached hydrogens (tertiary/aromatic N) is 1. The van der Waals surface area contributed by atoms with Crippen molar-refractivity contribution in [3.05, 3.63) is 83.9 Å². The van der Waals surface area contributed by atoms with E-state index in [9.17, 15) is 13.2 Å². The Balaban J connectivity index is 1.29. The van der Waals surface area contributed by atoms with E-state index in [4.69, 9.17) is 14.9 Å². The van der Waals surface area contributed by atoms with Gasteiger partial charge in [-0.15, -0.1) is 0 Å². The lowest BCUT2D eigenvalue weighted by atomic mass is 9.88. The molecule has 0 aliphatic carbocycles. The monoisotopic (exact) mass is 521 g/mol. The molecule has 0 bridgehead atoms. The predicted octanol–water partition coefficient (Wildman–Crippen LogP) is 4.18. The van der Waals surface area contributed by atoms with E-state index < -0.39 is 10.0 Å². The normalized spacial score (nSPS) is 15.4. The van der Waals surface area contributed by atoms with Crippen molar-refractivity contribution in [3.8, 4) is 11.1 Å². The first-order chi connectivity index (χ1) is 17.9. The smallest absolute Gasteiger partial charge is 0.221 e. The molecule has 9 heteroatoms. The lowest BCUT2D eigenvalue weighted by Gasteiger charge is -2.31. The van der Waals surface area contributed by atoms with Crippen LogP contribution in [0.25, 0.3) is 22.0 Å². The first kappa shape index (κ1) is 25.3. The van der Waals surface area contributed by atoms with Crippen LogP contribution in [0.3, 0.4) is 0 Å². The summed E-state index contributed by atoms with van der Waals surface area (Å²) in [4.78, 5) is 15.1. The van der Waals surface area contributed by atoms with Gasteiger partial charge in [-0.3, -0.25) is 4.79 Å². The fourth-order valence-corrected chi connectivity index (χ4v) is 6.45. The van der Waals surface area contributed by atoms with Crippen LogP contribution < -0.4 is 5.73 Å². The summed E-state index contributed by atoms with van der Waals surface area (Å²) in [6.45, 7) is 1.40. The number of benzene rings is 2. The Morgan fingerprint density at radius 3 is 2.59 bits per heavy atom. The van der Waals surface area contributed by atoms with Crippen LogP contribution in [0.2, 0.25) is 0 Å². The van der Waals surface area contributed by atoms with Crippen LogP contribution in [-0.4, -0.2) is 49.1 Å². The molecule has 0 unspecified atom stereocenters. The fourth-order valence-electron chi connectivity index (χ4n) is 5.09. The minimum Gasteiger partial charge on any atom is -0.472 e. The fraction of sp³-hybridized carbons (Fsp3) is 0.321. The Labute approximate surface area is 216 Å². The summed E-state index contributed by atoms with van der Waals surface area (Å²) in [6, 6.07) is 16.0. The average Bonchev–Trinajstić information content (AvgIpc) is 3.57. The number of primary amides is 1. The number of nitrogens with two attached hydrogens (primary N) is 1. The molecule has 5 rings (SSSR count). The van der Waals surface area contributed by atoms with Crippen LogP contribution >= 0.6 is 0 Å². The van der Waals surface area contributed by atoms with Gasteiger partial charge in [0.15, 0.2) is 0 Å². The molecular weight excluding hydrogens is 490 g/mol. The summed E-state index contributed by atoms with van der Waals surface area (Å²) in [5.74, 6) is -0.209. The quantitative estimate of drug-likeness (QED) is 0.304. The van der Waals surface area contributed by atoms with Crippen molar-refractivity contribution in [2.24, 2.45) is 5.73 Å². The summed E-state index contributed by atoms with van der Waals surface area (Å²) in [6.07, 6.45) is 6.75. The second-order valence-electron chi connectivity index (χ2n) is 9.48. The minimum atomic E-state index is -3.40. The van der Waals surface area contributed by atoms with Crippen LogP contribution in [-0.2, 0) is 32.6 Å². The number of fused-ring (bicyclic) bond motifs is 1. The molecule has 0 radical (unpaired) electrons. The second-order valence-corrected chi connectivity index (χ2v) is 11.6. The molecule has 8 nitrogen and oxygen atoms in total. The number of carbonyl (C=O) groups excluding carboxylic acids is 1. The van der Waals surface area contributed by atoms with Gasteiger partial charge in [0.2, 0.25) is 15.9 Å². The Morgan fingerprint density at radius 2 is 1.89 bits per heavy atom. The van der Waals surface area contributed by atoms with Crippen molar-refractivity contribution in [1.82, 2.24) is 9.29 Å². The number of sulfonamides is 1. The molecule has 3 heterocycles. The van der Waals surface area contributed by atoms with Crippen LogP contribution in [0, 0.1) is 0 Å². The topological polar surface area (TPSA) is 119 Å². The number of carbonyl (C=O) groups is 1. The van der Waals surface area contributed by atoms with E-state index in [1.165, 1.54) is 0 Å². The van der Waals surface area contributed by atoms with Crippen molar-refractivity contribution >= 4 is 26.8 Å². The van der Waals surface area contributed by atoms with E-state index in [0.717, 1.165) is 51.6 Å². The molecule has 1 amide bonds. The third kappa shape index (κ3) is 5.79. The van der Waals surface area contributed by atoms with Crippen molar-refractivity contribution in [1.29, 1.82) is 0 Å². The van der Waals surface area contributed by atoms with Crippen LogP contribution in [0.5, 0.6) is 0 Å². The molecule has 2 aromatic carbocycles. The zero-order chi connectivity index (χ0) is 25.8. The highest BCUT2D eigenvalue weighted by molar-refractivity contribution is 7.89. The number of H-pyrrole nitrogens is 1. The molecule has 4 aromatic rings. The maximum Gasteiger partial charge on any atom is 0.221 e. The summed E-state index contributed by atoms with van der Waals surface area (Å²) in [5.41, 5.74) is 11.5. The van der Waals surface area contributed by atoms with Crippen molar-refractivity contribution in [2.45, 2.75) is 31.8 Å². The maximum absolute atomic E-state index is 12.9. The minimum absolute atomic E-state index is 0.0421. The number of piperidine rings is 1. The van der Waals surface area contributed by atoms with Crippen molar-refractivity contribution < 1.29 is 22.4 Å². The number of aromatic amines is 1. The number of furan rings is 1. The molecule has 194 valence electrons. The van der Waals surface area contributed by atoms with E-state index in [-0.39, 0.29) is 30.6 Å². The molecule has 1 fully saturated rings. The van der Waals surface area contributed by atoms with E-state index in [2.05, 4.69) is 11.1 Å². The van der Waals surface area contributed by atoms with Gasteiger partial charge in [-0.1, -0.05) is 30.3 Å². The molecule has 1 saturated heterocycles. The molecule has 0 saturated carbocycles. The van der Waals surface area contributed by atoms with E-state index >= 15 is 0 Å². The third-order valence-corrected chi connectivity index (χ3v) is 8.83. The molecule has 3 N–H and O–H groups in total. The van der Waals surface area contributed by atoms with Gasteiger partial charge in [-0.05, 0) is 59.2 Å². The van der Waals surface area contributed by atoms with Gasteiger partial charge in [0, 0.05) is 35.8 Å². The summed E-state index contributed by atoms with van der Waals surface area (Å²) in [5, 5.41) is 1.06. The number of aromatic nitrogens is 1. The Kier molecular flexibility index (Phi) is 7.45. The van der Waals surface area contributed by atoms with Gasteiger partial charge < -0.3 is 19.9 Å². The van der Waals surface area contributed by atoms with Gasteiger partial charge >= 0.3 is 0 Å². The summed E-state index contributed by atoms with van der Waals surface area (Å²) >= 11 is 0. The van der Waals surface area contributed by atoms with Crippen molar-refractivity contribution in [2.75, 3.05) is 25.4 Å². The number of hydrogen-bond donors (Lipinski definition) is 2. The predicted molar refractivity (Wildman–Crippen MR) is 142 cm³/mol. The molecule has 0 atom stereocenters. The summed E-state index contributed by atoms with van der Waals surface area (Å²) < 4.78 is 37.8. The molecule has 1 aliphatic heterocycles. The molecule has 37 heavy (non-hydrogen) atoms. The largest absolute Gasteiger partial charge is 0.472 e. The molecular formula is C28H31N3O5S. The van der Waals surface area contributed by atoms with E-state index in [0.29, 0.717) is 19.7 Å². The molecule has 2 aromatic heterocycles. The summed E-state index contributed by atoms with van der Waals surface area (Å²) in [7, 11) is -3.40. The Morgan fingerprint density at radius 1 is 1.11 bits per heavy atom. The highest BCUT2D eigenvalue weighted by atomic mass is 32.2. The number of rotatable bonds is 10. The SMILES string of the molecule is NC(=O)Cc1cc(-c2ccccc2)cc2c(C3CCN(S(=O)(=O)CCOCc4ccoc4)CC3)c[nH]c12.